The van der Waals surface area contributed by atoms with E-state index in [-0.39, 0.29) is 0 Å². The van der Waals surface area contributed by atoms with E-state index in [9.17, 15) is 9.90 Å². The standard InChI is InChI=1S/C10H14O.C5H10O2/c1-7(2)9-5-4-8(3)10(11)6-9;1-2-3-4-5(6)7/h4-7,11H,1-3H3;2-4H2,1H3,(H,6,7). The number of carbonyl (C=O) groups is 1. The number of aryl methyl sites for hydroxylation is 1. The molecule has 0 aromatic heterocycles. The summed E-state index contributed by atoms with van der Waals surface area (Å²) in [7, 11) is 0. The Morgan fingerprint density at radius 1 is 1.33 bits per heavy atom. The number of aliphatic carboxylic acids is 1. The summed E-state index contributed by atoms with van der Waals surface area (Å²) in [5.41, 5.74) is 2.13. The zero-order chi connectivity index (χ0) is 14.1. The van der Waals surface area contributed by atoms with E-state index >= 15 is 0 Å². The number of rotatable bonds is 4. The number of phenols is 1. The zero-order valence-corrected chi connectivity index (χ0v) is 11.7. The second kappa shape index (κ2) is 8.56. The normalized spacial score (nSPS) is 9.83. The third kappa shape index (κ3) is 6.94. The SMILES string of the molecule is CCCCC(=O)O.Cc1ccc(C(C)C)cc1O. The van der Waals surface area contributed by atoms with Crippen molar-refractivity contribution >= 4 is 5.97 Å². The Labute approximate surface area is 109 Å². The molecule has 2 N–H and O–H groups in total. The number of hydrogen-bond donors (Lipinski definition) is 2. The average molecular weight is 252 g/mol. The van der Waals surface area contributed by atoms with Crippen molar-refractivity contribution in [3.8, 4) is 5.75 Å². The van der Waals surface area contributed by atoms with Crippen LogP contribution in [0.25, 0.3) is 0 Å². The summed E-state index contributed by atoms with van der Waals surface area (Å²) in [6.07, 6.45) is 2.08. The third-order valence-corrected chi connectivity index (χ3v) is 2.64. The van der Waals surface area contributed by atoms with Gasteiger partial charge in [0.1, 0.15) is 5.75 Å². The molecule has 0 spiro atoms. The van der Waals surface area contributed by atoms with Crippen molar-refractivity contribution in [2.24, 2.45) is 0 Å². The van der Waals surface area contributed by atoms with Crippen molar-refractivity contribution < 1.29 is 15.0 Å². The highest BCUT2D eigenvalue weighted by atomic mass is 16.4. The van der Waals surface area contributed by atoms with E-state index in [1.807, 2.05) is 26.0 Å². The van der Waals surface area contributed by atoms with Crippen molar-refractivity contribution in [3.63, 3.8) is 0 Å². The van der Waals surface area contributed by atoms with Crippen LogP contribution in [0.1, 0.15) is 57.1 Å². The van der Waals surface area contributed by atoms with E-state index in [0.717, 1.165) is 18.4 Å². The molecular formula is C15H24O3. The molecule has 0 saturated carbocycles. The van der Waals surface area contributed by atoms with Crippen LogP contribution in [0.5, 0.6) is 5.75 Å². The van der Waals surface area contributed by atoms with E-state index in [1.165, 1.54) is 5.56 Å². The van der Waals surface area contributed by atoms with Gasteiger partial charge >= 0.3 is 5.97 Å². The van der Waals surface area contributed by atoms with E-state index < -0.39 is 5.97 Å². The smallest absolute Gasteiger partial charge is 0.303 e. The van der Waals surface area contributed by atoms with Gasteiger partial charge in [0, 0.05) is 6.42 Å². The van der Waals surface area contributed by atoms with Crippen molar-refractivity contribution in [1.82, 2.24) is 0 Å². The van der Waals surface area contributed by atoms with Crippen LogP contribution in [0.3, 0.4) is 0 Å². The average Bonchev–Trinajstić information content (AvgIpc) is 2.30. The summed E-state index contributed by atoms with van der Waals surface area (Å²) < 4.78 is 0. The predicted octanol–water partition coefficient (Wildman–Crippen LogP) is 4.09. The lowest BCUT2D eigenvalue weighted by atomic mass is 10.0. The topological polar surface area (TPSA) is 57.5 Å². The lowest BCUT2D eigenvalue weighted by Gasteiger charge is -2.06. The van der Waals surface area contributed by atoms with Gasteiger partial charge in [0.2, 0.25) is 0 Å². The van der Waals surface area contributed by atoms with Crippen LogP contribution in [0, 0.1) is 6.92 Å². The largest absolute Gasteiger partial charge is 0.508 e. The Morgan fingerprint density at radius 2 is 1.94 bits per heavy atom. The maximum atomic E-state index is 9.76. The van der Waals surface area contributed by atoms with Gasteiger partial charge in [-0.3, -0.25) is 4.79 Å². The van der Waals surface area contributed by atoms with Gasteiger partial charge in [-0.1, -0.05) is 39.3 Å². The fraction of sp³-hybridized carbons (Fsp3) is 0.533. The molecule has 0 amide bonds. The van der Waals surface area contributed by atoms with Gasteiger partial charge in [0.05, 0.1) is 0 Å². The number of aromatic hydroxyl groups is 1. The van der Waals surface area contributed by atoms with Crippen LogP contribution < -0.4 is 0 Å². The summed E-state index contributed by atoms with van der Waals surface area (Å²) in [6.45, 7) is 8.11. The predicted molar refractivity (Wildman–Crippen MR) is 74.1 cm³/mol. The van der Waals surface area contributed by atoms with Crippen molar-refractivity contribution in [1.29, 1.82) is 0 Å². The molecule has 102 valence electrons. The number of carboxylic acids is 1. The number of carboxylic acid groups (broad SMARTS) is 1. The van der Waals surface area contributed by atoms with Gasteiger partial charge in [-0.15, -0.1) is 0 Å². The molecule has 0 bridgehead atoms. The second-order valence-electron chi connectivity index (χ2n) is 4.70. The lowest BCUT2D eigenvalue weighted by Crippen LogP contribution is -1.91. The molecule has 0 radical (unpaired) electrons. The van der Waals surface area contributed by atoms with Crippen LogP contribution in [-0.2, 0) is 4.79 Å². The molecule has 0 aliphatic heterocycles. The highest BCUT2D eigenvalue weighted by Gasteiger charge is 2.01. The molecule has 3 heteroatoms. The van der Waals surface area contributed by atoms with E-state index in [1.54, 1.807) is 0 Å². The number of phenolic OH excluding ortho intramolecular Hbond substituents is 1. The first kappa shape index (κ1) is 16.5. The van der Waals surface area contributed by atoms with Gasteiger partial charge in [-0.05, 0) is 36.5 Å². The molecule has 3 nitrogen and oxygen atoms in total. The van der Waals surface area contributed by atoms with E-state index in [0.29, 0.717) is 18.1 Å². The molecule has 1 aromatic carbocycles. The maximum Gasteiger partial charge on any atom is 0.303 e. The summed E-state index contributed by atoms with van der Waals surface area (Å²) in [5, 5.41) is 17.4. The Hall–Kier alpha value is -1.51. The quantitative estimate of drug-likeness (QED) is 0.848. The molecule has 0 fully saturated rings. The molecule has 0 aliphatic rings. The van der Waals surface area contributed by atoms with Crippen LogP contribution in [0.2, 0.25) is 0 Å². The molecule has 0 unspecified atom stereocenters. The first-order chi connectivity index (χ1) is 8.38. The molecule has 18 heavy (non-hydrogen) atoms. The summed E-state index contributed by atoms with van der Waals surface area (Å²) in [5.74, 6) is 0.194. The summed E-state index contributed by atoms with van der Waals surface area (Å²) in [6, 6.07) is 5.84. The lowest BCUT2D eigenvalue weighted by molar-refractivity contribution is -0.137. The fourth-order valence-electron chi connectivity index (χ4n) is 1.31. The minimum atomic E-state index is -0.693. The monoisotopic (exact) mass is 252 g/mol. The van der Waals surface area contributed by atoms with Crippen molar-refractivity contribution in [2.45, 2.75) is 52.9 Å². The number of unbranched alkanes of at least 4 members (excludes halogenated alkanes) is 1. The number of benzene rings is 1. The first-order valence-electron chi connectivity index (χ1n) is 6.39. The summed E-state index contributed by atoms with van der Waals surface area (Å²) >= 11 is 0. The van der Waals surface area contributed by atoms with Crippen molar-refractivity contribution in [3.05, 3.63) is 29.3 Å². The second-order valence-corrected chi connectivity index (χ2v) is 4.70. The van der Waals surface area contributed by atoms with E-state index in [4.69, 9.17) is 5.11 Å². The Kier molecular flexibility index (Phi) is 7.84. The van der Waals surface area contributed by atoms with Crippen LogP contribution in [-0.4, -0.2) is 16.2 Å². The molecule has 0 saturated heterocycles. The Morgan fingerprint density at radius 3 is 2.28 bits per heavy atom. The van der Waals surface area contributed by atoms with Crippen LogP contribution >= 0.6 is 0 Å². The van der Waals surface area contributed by atoms with Crippen LogP contribution in [0.15, 0.2) is 18.2 Å². The van der Waals surface area contributed by atoms with Gasteiger partial charge in [-0.25, -0.2) is 0 Å². The minimum Gasteiger partial charge on any atom is -0.508 e. The van der Waals surface area contributed by atoms with Gasteiger partial charge in [0.15, 0.2) is 0 Å². The molecule has 0 atom stereocenters. The van der Waals surface area contributed by atoms with Gasteiger partial charge in [-0.2, -0.15) is 0 Å². The Balaban J connectivity index is 0.000000360. The van der Waals surface area contributed by atoms with Crippen LogP contribution in [0.4, 0.5) is 0 Å². The molecule has 0 heterocycles. The number of hydrogen-bond acceptors (Lipinski definition) is 2. The maximum absolute atomic E-state index is 9.76. The third-order valence-electron chi connectivity index (χ3n) is 2.64. The highest BCUT2D eigenvalue weighted by Crippen LogP contribution is 2.22. The zero-order valence-electron chi connectivity index (χ0n) is 11.7. The fourth-order valence-corrected chi connectivity index (χ4v) is 1.31. The van der Waals surface area contributed by atoms with Gasteiger partial charge < -0.3 is 10.2 Å². The van der Waals surface area contributed by atoms with Crippen molar-refractivity contribution in [2.75, 3.05) is 0 Å². The minimum absolute atomic E-state index is 0.316. The Bertz CT molecular complexity index is 370. The van der Waals surface area contributed by atoms with Gasteiger partial charge in [0.25, 0.3) is 0 Å². The molecule has 1 aromatic rings. The first-order valence-corrected chi connectivity index (χ1v) is 6.39. The molecule has 0 aliphatic carbocycles. The highest BCUT2D eigenvalue weighted by molar-refractivity contribution is 5.66. The molecule has 1 rings (SSSR count). The van der Waals surface area contributed by atoms with E-state index in [2.05, 4.69) is 19.9 Å². The summed E-state index contributed by atoms with van der Waals surface area (Å²) in [4.78, 5) is 9.76. The molecular weight excluding hydrogens is 228 g/mol.